The molecule has 37 heavy (non-hydrogen) atoms. The lowest BCUT2D eigenvalue weighted by atomic mass is 9.90. The fourth-order valence-corrected chi connectivity index (χ4v) is 5.85. The van der Waals surface area contributed by atoms with Gasteiger partial charge in [-0.25, -0.2) is 22.2 Å². The molecule has 1 atom stereocenters. The van der Waals surface area contributed by atoms with Crippen LogP contribution in [0.4, 0.5) is 8.78 Å². The average molecular weight is 518 g/mol. The number of sulfonamides is 1. The molecule has 3 aromatic carbocycles. The number of nitrogens with two attached hydrogens (primary N) is 1. The van der Waals surface area contributed by atoms with Gasteiger partial charge in [-0.2, -0.15) is 9.57 Å². The molecule has 7 nitrogen and oxygen atoms in total. The first-order valence-electron chi connectivity index (χ1n) is 11.3. The Morgan fingerprint density at radius 1 is 1.03 bits per heavy atom. The molecule has 2 heterocycles. The number of hydrogen-bond acceptors (Lipinski definition) is 6. The zero-order chi connectivity index (χ0) is 26.2. The Kier molecular flexibility index (Phi) is 6.33. The third-order valence-electron chi connectivity index (χ3n) is 6.16. The summed E-state index contributed by atoms with van der Waals surface area (Å²) in [6, 6.07) is 18.7. The summed E-state index contributed by atoms with van der Waals surface area (Å²) < 4.78 is 56.6. The monoisotopic (exact) mass is 517 g/mol. The van der Waals surface area contributed by atoms with Crippen LogP contribution in [0.1, 0.15) is 22.7 Å². The van der Waals surface area contributed by atoms with E-state index < -0.39 is 27.7 Å². The van der Waals surface area contributed by atoms with Crippen LogP contribution >= 0.6 is 0 Å². The van der Waals surface area contributed by atoms with Crippen molar-refractivity contribution in [2.45, 2.75) is 10.9 Å². The van der Waals surface area contributed by atoms with E-state index in [0.717, 1.165) is 0 Å². The van der Waals surface area contributed by atoms with E-state index in [1.807, 2.05) is 6.07 Å². The average Bonchev–Trinajstić information content (AvgIpc) is 2.88. The van der Waals surface area contributed by atoms with Crippen molar-refractivity contribution in [1.29, 1.82) is 5.26 Å². The highest BCUT2D eigenvalue weighted by atomic mass is 32.2. The summed E-state index contributed by atoms with van der Waals surface area (Å²) in [6.45, 7) is -0.0725. The fraction of sp³-hybridized carbons (Fsp3) is 0.111. The number of rotatable bonds is 4. The molecule has 0 fully saturated rings. The van der Waals surface area contributed by atoms with Crippen molar-refractivity contribution in [3.63, 3.8) is 0 Å². The zero-order valence-corrected chi connectivity index (χ0v) is 20.2. The molecule has 0 saturated heterocycles. The van der Waals surface area contributed by atoms with Crippen LogP contribution < -0.4 is 11.1 Å². The molecule has 3 N–H and O–H groups in total. The zero-order valence-electron chi connectivity index (χ0n) is 19.4. The van der Waals surface area contributed by atoms with E-state index in [4.69, 9.17) is 11.0 Å². The van der Waals surface area contributed by atoms with Crippen molar-refractivity contribution in [1.82, 2.24) is 9.62 Å². The van der Waals surface area contributed by atoms with Gasteiger partial charge in [0.05, 0.1) is 16.5 Å². The Hall–Kier alpha value is -4.33. The summed E-state index contributed by atoms with van der Waals surface area (Å²) in [6.07, 6.45) is 1.69. The summed E-state index contributed by atoms with van der Waals surface area (Å²) in [4.78, 5) is 4.48. The van der Waals surface area contributed by atoms with Crippen molar-refractivity contribution in [3.05, 3.63) is 118 Å². The highest BCUT2D eigenvalue weighted by molar-refractivity contribution is 7.89. The maximum atomic E-state index is 14.1. The molecule has 0 radical (unpaired) electrons. The molecule has 0 saturated carbocycles. The molecule has 0 amide bonds. The normalized spacial score (nSPS) is 19.1. The summed E-state index contributed by atoms with van der Waals surface area (Å²) in [5.41, 5.74) is 9.16. The minimum atomic E-state index is -4.00. The van der Waals surface area contributed by atoms with Crippen LogP contribution in [0.3, 0.4) is 0 Å². The number of halogens is 2. The van der Waals surface area contributed by atoms with Gasteiger partial charge in [-0.15, -0.1) is 0 Å². The molecular weight excluding hydrogens is 496 g/mol. The SMILES string of the molecule is N#Cc1ccc(S(=O)(=O)N2CC3=C(NC(N)=NC3c3cccc(F)c3)/C(=C/c3cccc(F)c3)C2)cc1. The molecule has 5 rings (SSSR count). The summed E-state index contributed by atoms with van der Waals surface area (Å²) in [5.74, 6) is -0.793. The van der Waals surface area contributed by atoms with Crippen LogP contribution in [0, 0.1) is 23.0 Å². The van der Waals surface area contributed by atoms with Gasteiger partial charge in [0.1, 0.15) is 17.7 Å². The Morgan fingerprint density at radius 3 is 2.41 bits per heavy atom. The topological polar surface area (TPSA) is 112 Å². The quantitative estimate of drug-likeness (QED) is 0.546. The van der Waals surface area contributed by atoms with E-state index in [1.54, 1.807) is 30.3 Å². The highest BCUT2D eigenvalue weighted by Gasteiger charge is 2.37. The van der Waals surface area contributed by atoms with Crippen LogP contribution in [0.15, 0.2) is 99.5 Å². The predicted molar refractivity (Wildman–Crippen MR) is 135 cm³/mol. The molecule has 0 bridgehead atoms. The minimum Gasteiger partial charge on any atom is -0.370 e. The first-order chi connectivity index (χ1) is 17.7. The van der Waals surface area contributed by atoms with E-state index in [-0.39, 0.29) is 23.9 Å². The van der Waals surface area contributed by atoms with E-state index >= 15 is 0 Å². The van der Waals surface area contributed by atoms with Gasteiger partial charge < -0.3 is 11.1 Å². The second-order valence-corrected chi connectivity index (χ2v) is 10.6. The highest BCUT2D eigenvalue weighted by Crippen LogP contribution is 2.38. The first kappa shape index (κ1) is 24.4. The van der Waals surface area contributed by atoms with Crippen LogP contribution in [0.2, 0.25) is 0 Å². The molecule has 2 aliphatic rings. The Morgan fingerprint density at radius 2 is 1.73 bits per heavy atom. The molecule has 2 aliphatic heterocycles. The lowest BCUT2D eigenvalue weighted by molar-refractivity contribution is 0.436. The van der Waals surface area contributed by atoms with Crippen LogP contribution in [-0.4, -0.2) is 31.8 Å². The van der Waals surface area contributed by atoms with Crippen molar-refractivity contribution in [2.24, 2.45) is 10.7 Å². The molecule has 186 valence electrons. The second-order valence-electron chi connectivity index (χ2n) is 8.63. The Labute approximate surface area is 212 Å². The molecule has 1 unspecified atom stereocenters. The molecule has 0 aromatic heterocycles. The Balaban J connectivity index is 1.65. The number of guanidine groups is 1. The Bertz CT molecular complexity index is 1620. The maximum Gasteiger partial charge on any atom is 0.243 e. The number of hydrogen-bond donors (Lipinski definition) is 2. The summed E-state index contributed by atoms with van der Waals surface area (Å²) in [5, 5.41) is 12.1. The summed E-state index contributed by atoms with van der Waals surface area (Å²) in [7, 11) is -4.00. The van der Waals surface area contributed by atoms with E-state index in [0.29, 0.717) is 33.5 Å². The molecular formula is C27H21F2N5O2S. The number of nitriles is 1. The van der Waals surface area contributed by atoms with Crippen LogP contribution in [0.5, 0.6) is 0 Å². The third kappa shape index (κ3) is 4.87. The smallest absolute Gasteiger partial charge is 0.243 e. The van der Waals surface area contributed by atoms with Gasteiger partial charge in [0.25, 0.3) is 0 Å². The number of nitrogens with zero attached hydrogens (tertiary/aromatic N) is 3. The van der Waals surface area contributed by atoms with Gasteiger partial charge in [-0.05, 0) is 76.9 Å². The van der Waals surface area contributed by atoms with Gasteiger partial charge in [0.2, 0.25) is 10.0 Å². The standard InChI is InChI=1S/C27H21F2N5O2S/c28-21-5-1-3-18(12-21)11-20-15-34(37(35,36)23-9-7-17(14-30)8-10-23)16-24-25(32-27(31)33-26(20)24)19-4-2-6-22(29)13-19/h1-13,25H,15-16H2,(H3,31,32,33)/b20-11+. The number of benzene rings is 3. The van der Waals surface area contributed by atoms with Gasteiger partial charge in [0.15, 0.2) is 5.96 Å². The van der Waals surface area contributed by atoms with E-state index in [9.17, 15) is 17.2 Å². The molecule has 3 aromatic rings. The molecule has 0 aliphatic carbocycles. The van der Waals surface area contributed by atoms with Gasteiger partial charge in [-0.3, -0.25) is 0 Å². The lowest BCUT2D eigenvalue weighted by Gasteiger charge is -2.37. The van der Waals surface area contributed by atoms with Crippen LogP contribution in [0.25, 0.3) is 6.08 Å². The largest absolute Gasteiger partial charge is 0.370 e. The predicted octanol–water partition coefficient (Wildman–Crippen LogP) is 3.84. The van der Waals surface area contributed by atoms with Crippen molar-refractivity contribution >= 4 is 22.1 Å². The van der Waals surface area contributed by atoms with Crippen LogP contribution in [-0.2, 0) is 10.0 Å². The summed E-state index contributed by atoms with van der Waals surface area (Å²) >= 11 is 0. The van der Waals surface area contributed by atoms with Crippen molar-refractivity contribution in [2.75, 3.05) is 13.1 Å². The minimum absolute atomic E-state index is 0.0229. The van der Waals surface area contributed by atoms with Gasteiger partial charge in [0, 0.05) is 18.8 Å². The third-order valence-corrected chi connectivity index (χ3v) is 7.97. The second kappa shape index (κ2) is 9.61. The van der Waals surface area contributed by atoms with Gasteiger partial charge >= 0.3 is 0 Å². The maximum absolute atomic E-state index is 14.1. The first-order valence-corrected chi connectivity index (χ1v) is 12.7. The van der Waals surface area contributed by atoms with Crippen molar-refractivity contribution < 1.29 is 17.2 Å². The fourth-order valence-electron chi connectivity index (χ4n) is 4.45. The number of nitrogens with one attached hydrogen (secondary N) is 1. The molecule has 10 heteroatoms. The number of aliphatic imine (C=N–C) groups is 1. The van der Waals surface area contributed by atoms with Gasteiger partial charge in [-0.1, -0.05) is 24.3 Å². The van der Waals surface area contributed by atoms with E-state index in [2.05, 4.69) is 10.3 Å². The lowest BCUT2D eigenvalue weighted by Crippen LogP contribution is -2.46. The van der Waals surface area contributed by atoms with Crippen molar-refractivity contribution in [3.8, 4) is 6.07 Å². The molecule has 0 spiro atoms. The van der Waals surface area contributed by atoms with E-state index in [1.165, 1.54) is 52.8 Å².